The molecule has 5 rings (SSSR count). The zero-order valence-electron chi connectivity index (χ0n) is 18.9. The van der Waals surface area contributed by atoms with Crippen molar-refractivity contribution >= 4 is 34.8 Å². The lowest BCUT2D eigenvalue weighted by molar-refractivity contribution is 0.288. The quantitative estimate of drug-likeness (QED) is 0.250. The first-order chi connectivity index (χ1) is 16.4. The van der Waals surface area contributed by atoms with Crippen LogP contribution in [0.5, 0.6) is 5.75 Å². The van der Waals surface area contributed by atoms with E-state index in [0.29, 0.717) is 38.9 Å². The van der Waals surface area contributed by atoms with Crippen LogP contribution >= 0.6 is 34.8 Å². The van der Waals surface area contributed by atoms with Gasteiger partial charge in [-0.25, -0.2) is 4.68 Å². The molecule has 0 aliphatic heterocycles. The van der Waals surface area contributed by atoms with Gasteiger partial charge in [0.25, 0.3) is 0 Å². The van der Waals surface area contributed by atoms with Gasteiger partial charge in [0.1, 0.15) is 23.7 Å². The van der Waals surface area contributed by atoms with Crippen molar-refractivity contribution < 1.29 is 4.74 Å². The van der Waals surface area contributed by atoms with Crippen molar-refractivity contribution in [2.45, 2.75) is 44.8 Å². The highest BCUT2D eigenvalue weighted by atomic mass is 35.5. The Labute approximate surface area is 214 Å². The lowest BCUT2D eigenvalue weighted by Crippen LogP contribution is -2.11. The molecular weight excluding hydrogens is 489 g/mol. The van der Waals surface area contributed by atoms with Crippen molar-refractivity contribution in [1.82, 2.24) is 15.0 Å². The van der Waals surface area contributed by atoms with Gasteiger partial charge in [-0.1, -0.05) is 82.5 Å². The first-order valence-electron chi connectivity index (χ1n) is 11.3. The van der Waals surface area contributed by atoms with E-state index < -0.39 is 0 Å². The molecule has 1 aliphatic carbocycles. The Morgan fingerprint density at radius 2 is 1.65 bits per heavy atom. The highest BCUT2D eigenvalue weighted by molar-refractivity contribution is 6.39. The van der Waals surface area contributed by atoms with Gasteiger partial charge in [0.15, 0.2) is 0 Å². The van der Waals surface area contributed by atoms with Crippen LogP contribution in [0.3, 0.4) is 0 Å². The van der Waals surface area contributed by atoms with Crippen LogP contribution in [0, 0.1) is 0 Å². The number of aromatic nitrogens is 3. The minimum absolute atomic E-state index is 0.0943. The van der Waals surface area contributed by atoms with E-state index in [2.05, 4.69) is 40.6 Å². The minimum Gasteiger partial charge on any atom is -0.487 e. The van der Waals surface area contributed by atoms with Crippen molar-refractivity contribution in [3.05, 3.63) is 98.6 Å². The topological polar surface area (TPSA) is 39.9 Å². The molecule has 1 fully saturated rings. The zero-order valence-corrected chi connectivity index (χ0v) is 21.1. The van der Waals surface area contributed by atoms with Crippen LogP contribution < -0.4 is 4.74 Å². The van der Waals surface area contributed by atoms with E-state index >= 15 is 0 Å². The molecule has 2 atom stereocenters. The van der Waals surface area contributed by atoms with Gasteiger partial charge in [0.05, 0.1) is 10.0 Å². The Bertz CT molecular complexity index is 1300. The molecule has 0 bridgehead atoms. The normalized spacial score (nSPS) is 17.2. The van der Waals surface area contributed by atoms with Crippen LogP contribution in [-0.4, -0.2) is 15.0 Å². The van der Waals surface area contributed by atoms with Crippen molar-refractivity contribution in [3.8, 4) is 17.0 Å². The molecule has 4 aromatic rings. The average Bonchev–Trinajstić information content (AvgIpc) is 3.50. The molecule has 4 nitrogen and oxygen atoms in total. The molecule has 1 heterocycles. The van der Waals surface area contributed by atoms with Gasteiger partial charge in [-0.3, -0.25) is 0 Å². The number of hydrogen-bond acceptors (Lipinski definition) is 3. The Kier molecular flexibility index (Phi) is 6.57. The van der Waals surface area contributed by atoms with Crippen LogP contribution in [0.15, 0.2) is 66.7 Å². The summed E-state index contributed by atoms with van der Waals surface area (Å²) in [6.07, 6.45) is 1.12. The second-order valence-corrected chi connectivity index (χ2v) is 10.1. The molecule has 0 radical (unpaired) electrons. The third-order valence-corrected chi connectivity index (χ3v) is 7.20. The summed E-state index contributed by atoms with van der Waals surface area (Å²) < 4.78 is 7.99. The van der Waals surface area contributed by atoms with E-state index in [1.807, 2.05) is 42.8 Å². The summed E-state index contributed by atoms with van der Waals surface area (Å²) in [5.74, 6) is 1.67. The fourth-order valence-electron chi connectivity index (χ4n) is 4.44. The number of benzene rings is 3. The summed E-state index contributed by atoms with van der Waals surface area (Å²) in [5.41, 5.74) is 4.61. The van der Waals surface area contributed by atoms with Gasteiger partial charge in [-0.15, -0.1) is 5.10 Å². The number of hydrogen-bond donors (Lipinski definition) is 0. The maximum atomic E-state index is 6.68. The number of halogens is 3. The van der Waals surface area contributed by atoms with E-state index in [-0.39, 0.29) is 12.6 Å². The van der Waals surface area contributed by atoms with Crippen molar-refractivity contribution in [2.24, 2.45) is 0 Å². The molecule has 3 aromatic carbocycles. The lowest BCUT2D eigenvalue weighted by Gasteiger charge is -2.14. The van der Waals surface area contributed by atoms with Crippen molar-refractivity contribution in [1.29, 1.82) is 0 Å². The van der Waals surface area contributed by atoms with E-state index in [1.54, 1.807) is 12.1 Å². The van der Waals surface area contributed by atoms with Gasteiger partial charge < -0.3 is 4.74 Å². The Morgan fingerprint density at radius 3 is 2.32 bits per heavy atom. The van der Waals surface area contributed by atoms with E-state index in [9.17, 15) is 0 Å². The summed E-state index contributed by atoms with van der Waals surface area (Å²) in [5, 5.41) is 10.5. The zero-order chi connectivity index (χ0) is 23.8. The third kappa shape index (κ3) is 4.55. The largest absolute Gasteiger partial charge is 0.487 e. The molecular formula is C27H24Cl3N3O. The number of ether oxygens (including phenoxy) is 1. The molecule has 0 saturated heterocycles. The smallest absolute Gasteiger partial charge is 0.132 e. The van der Waals surface area contributed by atoms with Gasteiger partial charge in [-0.2, -0.15) is 0 Å². The summed E-state index contributed by atoms with van der Waals surface area (Å²) in [4.78, 5) is 0. The van der Waals surface area contributed by atoms with Crippen LogP contribution in [0.4, 0.5) is 0 Å². The molecule has 7 heteroatoms. The molecule has 174 valence electrons. The average molecular weight is 513 g/mol. The maximum Gasteiger partial charge on any atom is 0.132 e. The Morgan fingerprint density at radius 1 is 0.912 bits per heavy atom. The van der Waals surface area contributed by atoms with E-state index in [4.69, 9.17) is 39.5 Å². The SMILES string of the molecule is CC(C)n1nnc(-c2c(Cl)cccc2Cl)c1COc1ccc(C2CC2c2ccccc2)c(Cl)c1. The fourth-order valence-corrected chi connectivity index (χ4v) is 5.33. The number of nitrogens with zero attached hydrogens (tertiary/aromatic N) is 3. The van der Waals surface area contributed by atoms with Crippen LogP contribution in [0.2, 0.25) is 15.1 Å². The Balaban J connectivity index is 1.37. The Hall–Kier alpha value is -2.53. The van der Waals surface area contributed by atoms with Crippen molar-refractivity contribution in [3.63, 3.8) is 0 Å². The molecule has 1 saturated carbocycles. The molecule has 0 N–H and O–H groups in total. The first-order valence-corrected chi connectivity index (χ1v) is 12.4. The van der Waals surface area contributed by atoms with Crippen molar-refractivity contribution in [2.75, 3.05) is 0 Å². The molecule has 0 amide bonds. The molecule has 34 heavy (non-hydrogen) atoms. The van der Waals surface area contributed by atoms with Gasteiger partial charge in [0.2, 0.25) is 0 Å². The van der Waals surface area contributed by atoms with Gasteiger partial charge >= 0.3 is 0 Å². The summed E-state index contributed by atoms with van der Waals surface area (Å²) in [6, 6.07) is 22.0. The lowest BCUT2D eigenvalue weighted by atomic mass is 10.0. The van der Waals surface area contributed by atoms with Gasteiger partial charge in [0, 0.05) is 16.6 Å². The second-order valence-electron chi connectivity index (χ2n) is 8.85. The standard InChI is InChI=1S/C27H24Cl3N3O/c1-16(2)33-25(27(31-32-33)26-22(28)9-6-10-23(26)29)15-34-18-11-12-19(24(30)13-18)21-14-20(21)17-7-4-3-5-8-17/h3-13,16,20-21H,14-15H2,1-2H3. The van der Waals surface area contributed by atoms with Gasteiger partial charge in [-0.05, 0) is 67.5 Å². The molecule has 2 unspecified atom stereocenters. The predicted octanol–water partition coefficient (Wildman–Crippen LogP) is 8.34. The maximum absolute atomic E-state index is 6.68. The predicted molar refractivity (Wildman–Crippen MR) is 138 cm³/mol. The summed E-state index contributed by atoms with van der Waals surface area (Å²) in [7, 11) is 0. The fraction of sp³-hybridized carbons (Fsp3) is 0.259. The second kappa shape index (κ2) is 9.61. The summed E-state index contributed by atoms with van der Waals surface area (Å²) >= 11 is 19.6. The third-order valence-electron chi connectivity index (χ3n) is 6.24. The highest BCUT2D eigenvalue weighted by Gasteiger charge is 2.40. The van der Waals surface area contributed by atoms with Crippen LogP contribution in [-0.2, 0) is 6.61 Å². The van der Waals surface area contributed by atoms with E-state index in [0.717, 1.165) is 17.1 Å². The number of rotatable bonds is 7. The first kappa shape index (κ1) is 23.2. The monoisotopic (exact) mass is 511 g/mol. The molecule has 1 aliphatic rings. The molecule has 1 aromatic heterocycles. The highest BCUT2D eigenvalue weighted by Crippen LogP contribution is 2.56. The summed E-state index contributed by atoms with van der Waals surface area (Å²) in [6.45, 7) is 4.34. The minimum atomic E-state index is 0.0943. The van der Waals surface area contributed by atoms with Crippen LogP contribution in [0.1, 0.15) is 55.0 Å². The molecule has 0 spiro atoms. The van der Waals surface area contributed by atoms with Crippen LogP contribution in [0.25, 0.3) is 11.3 Å². The van der Waals surface area contributed by atoms with E-state index in [1.165, 1.54) is 11.1 Å².